The number of aromatic nitrogens is 2. The predicted molar refractivity (Wildman–Crippen MR) is 219 cm³/mol. The first-order chi connectivity index (χ1) is 25.3. The molecule has 0 atom stereocenters. The van der Waals surface area contributed by atoms with Crippen molar-refractivity contribution >= 4 is 75.1 Å². The van der Waals surface area contributed by atoms with E-state index in [9.17, 15) is 0 Å². The average molecular weight is 667 g/mol. The zero-order valence-corrected chi connectivity index (χ0v) is 28.4. The molecule has 0 fully saturated rings. The predicted octanol–water partition coefficient (Wildman–Crippen LogP) is 13.6. The van der Waals surface area contributed by atoms with Crippen LogP contribution in [0, 0.1) is 0 Å². The van der Waals surface area contributed by atoms with Crippen LogP contribution in [0.15, 0.2) is 182 Å². The fourth-order valence-electron chi connectivity index (χ4n) is 8.21. The molecular formula is C48H30N2S. The number of thiophene rings is 1. The van der Waals surface area contributed by atoms with Crippen LogP contribution in [-0.4, -0.2) is 9.13 Å². The van der Waals surface area contributed by atoms with Gasteiger partial charge in [-0.15, -0.1) is 11.3 Å². The van der Waals surface area contributed by atoms with Gasteiger partial charge in [-0.2, -0.15) is 0 Å². The number of nitrogens with zero attached hydrogens (tertiary/aromatic N) is 2. The lowest BCUT2D eigenvalue weighted by molar-refractivity contribution is 1.18. The average Bonchev–Trinajstić information content (AvgIpc) is 3.85. The lowest BCUT2D eigenvalue weighted by atomic mass is 10.0. The Morgan fingerprint density at radius 3 is 1.67 bits per heavy atom. The fourth-order valence-corrected chi connectivity index (χ4v) is 9.43. The molecule has 0 saturated heterocycles. The van der Waals surface area contributed by atoms with Gasteiger partial charge in [-0.3, -0.25) is 0 Å². The van der Waals surface area contributed by atoms with Crippen molar-refractivity contribution in [2.45, 2.75) is 0 Å². The van der Waals surface area contributed by atoms with Gasteiger partial charge in [-0.1, -0.05) is 121 Å². The van der Waals surface area contributed by atoms with Gasteiger partial charge in [0, 0.05) is 58.7 Å². The maximum absolute atomic E-state index is 2.48. The molecule has 0 unspecified atom stereocenters. The quantitative estimate of drug-likeness (QED) is 0.177. The van der Waals surface area contributed by atoms with Gasteiger partial charge in [-0.05, 0) is 77.4 Å². The third kappa shape index (κ3) is 4.29. The summed E-state index contributed by atoms with van der Waals surface area (Å²) in [5.41, 5.74) is 12.1. The Labute approximate surface area is 298 Å². The van der Waals surface area contributed by atoms with E-state index < -0.39 is 0 Å². The van der Waals surface area contributed by atoms with Gasteiger partial charge in [0.05, 0.1) is 22.1 Å². The van der Waals surface area contributed by atoms with E-state index in [4.69, 9.17) is 0 Å². The summed E-state index contributed by atoms with van der Waals surface area (Å²) >= 11 is 1.89. The maximum Gasteiger partial charge on any atom is 0.0547 e. The molecule has 0 spiro atoms. The van der Waals surface area contributed by atoms with Crippen LogP contribution in [0.5, 0.6) is 0 Å². The molecule has 3 heterocycles. The van der Waals surface area contributed by atoms with Gasteiger partial charge in [-0.25, -0.2) is 0 Å². The molecule has 0 radical (unpaired) electrons. The highest BCUT2D eigenvalue weighted by molar-refractivity contribution is 7.26. The Morgan fingerprint density at radius 1 is 0.314 bits per heavy atom. The Hall–Kier alpha value is -6.42. The molecular weight excluding hydrogens is 637 g/mol. The highest BCUT2D eigenvalue weighted by Crippen LogP contribution is 2.44. The second kappa shape index (κ2) is 11.0. The van der Waals surface area contributed by atoms with Crippen LogP contribution < -0.4 is 0 Å². The molecule has 3 heteroatoms. The zero-order chi connectivity index (χ0) is 33.5. The molecule has 0 saturated carbocycles. The van der Waals surface area contributed by atoms with Crippen LogP contribution in [0.4, 0.5) is 0 Å². The monoisotopic (exact) mass is 666 g/mol. The molecule has 0 N–H and O–H groups in total. The number of fused-ring (bicyclic) bond motifs is 9. The first kappa shape index (κ1) is 28.4. The fraction of sp³-hybridized carbons (Fsp3) is 0. The summed E-state index contributed by atoms with van der Waals surface area (Å²) in [5.74, 6) is 0. The first-order valence-corrected chi connectivity index (χ1v) is 18.3. The molecule has 0 aliphatic heterocycles. The summed E-state index contributed by atoms with van der Waals surface area (Å²) in [4.78, 5) is 0. The van der Waals surface area contributed by atoms with Gasteiger partial charge in [0.15, 0.2) is 0 Å². The Bertz CT molecular complexity index is 3130. The SMILES string of the molecule is c1ccc(-c2cc(-n3c4ccccc4c4ccc(-c5ccc6c(c5)c5ccccc5n6-c5ccccc5)cc43)cc3c2sc2ccccc23)cc1. The molecule has 2 nitrogen and oxygen atoms in total. The van der Waals surface area contributed by atoms with Gasteiger partial charge in [0.1, 0.15) is 0 Å². The second-order valence-electron chi connectivity index (χ2n) is 13.3. The molecule has 0 aliphatic carbocycles. The summed E-state index contributed by atoms with van der Waals surface area (Å²) in [6.07, 6.45) is 0. The van der Waals surface area contributed by atoms with Gasteiger partial charge >= 0.3 is 0 Å². The van der Waals surface area contributed by atoms with Crippen LogP contribution >= 0.6 is 11.3 Å². The highest BCUT2D eigenvalue weighted by Gasteiger charge is 2.19. The van der Waals surface area contributed by atoms with E-state index in [-0.39, 0.29) is 0 Å². The molecule has 0 amide bonds. The summed E-state index contributed by atoms with van der Waals surface area (Å²) in [6, 6.07) is 66.7. The number of benzene rings is 8. The van der Waals surface area contributed by atoms with Crippen LogP contribution in [0.1, 0.15) is 0 Å². The first-order valence-electron chi connectivity index (χ1n) is 17.4. The topological polar surface area (TPSA) is 9.86 Å². The molecule has 0 bridgehead atoms. The number of hydrogen-bond acceptors (Lipinski definition) is 1. The third-order valence-corrected chi connectivity index (χ3v) is 11.7. The molecule has 51 heavy (non-hydrogen) atoms. The number of para-hydroxylation sites is 3. The van der Waals surface area contributed by atoms with Crippen molar-refractivity contribution < 1.29 is 0 Å². The van der Waals surface area contributed by atoms with Crippen molar-refractivity contribution in [2.75, 3.05) is 0 Å². The number of hydrogen-bond donors (Lipinski definition) is 0. The molecule has 8 aromatic carbocycles. The van der Waals surface area contributed by atoms with E-state index >= 15 is 0 Å². The summed E-state index contributed by atoms with van der Waals surface area (Å²) in [6.45, 7) is 0. The molecule has 0 aliphatic rings. The Balaban J connectivity index is 1.17. The summed E-state index contributed by atoms with van der Waals surface area (Å²) in [7, 11) is 0. The minimum absolute atomic E-state index is 1.17. The molecule has 11 aromatic rings. The second-order valence-corrected chi connectivity index (χ2v) is 14.4. The van der Waals surface area contributed by atoms with E-state index in [1.165, 1.54) is 97.4 Å². The van der Waals surface area contributed by atoms with Crippen LogP contribution in [0.3, 0.4) is 0 Å². The normalized spacial score (nSPS) is 11.9. The van der Waals surface area contributed by atoms with E-state index in [0.717, 1.165) is 0 Å². The zero-order valence-electron chi connectivity index (χ0n) is 27.6. The number of rotatable bonds is 4. The standard InChI is InChI=1S/C48H30N2S/c1-3-13-31(14-4-1)40-29-35(30-42-39-19-9-12-22-47(39)51-48(40)42)50-43-20-10-7-17-36(43)38-25-23-33(28-46(38)50)32-24-26-45-41(27-32)37-18-8-11-21-44(37)49(45)34-15-5-2-6-16-34/h1-30H. The van der Waals surface area contributed by atoms with Gasteiger partial charge in [0.2, 0.25) is 0 Å². The molecule has 238 valence electrons. The van der Waals surface area contributed by atoms with Gasteiger partial charge in [0.25, 0.3) is 0 Å². The van der Waals surface area contributed by atoms with Gasteiger partial charge < -0.3 is 9.13 Å². The van der Waals surface area contributed by atoms with Crippen LogP contribution in [0.25, 0.3) is 97.4 Å². The summed E-state index contributed by atoms with van der Waals surface area (Å²) < 4.78 is 7.50. The third-order valence-electron chi connectivity index (χ3n) is 10.5. The molecule has 11 rings (SSSR count). The van der Waals surface area contributed by atoms with Crippen LogP contribution in [-0.2, 0) is 0 Å². The van der Waals surface area contributed by atoms with Crippen molar-refractivity contribution in [1.29, 1.82) is 0 Å². The summed E-state index contributed by atoms with van der Waals surface area (Å²) in [5, 5.41) is 7.65. The lowest BCUT2D eigenvalue weighted by Crippen LogP contribution is -1.95. The minimum atomic E-state index is 1.17. The van der Waals surface area contributed by atoms with E-state index in [1.807, 2.05) is 11.3 Å². The maximum atomic E-state index is 2.48. The van der Waals surface area contributed by atoms with E-state index in [0.29, 0.717) is 0 Å². The highest BCUT2D eigenvalue weighted by atomic mass is 32.1. The largest absolute Gasteiger partial charge is 0.309 e. The van der Waals surface area contributed by atoms with Crippen molar-refractivity contribution in [1.82, 2.24) is 9.13 Å². The van der Waals surface area contributed by atoms with Crippen molar-refractivity contribution in [2.24, 2.45) is 0 Å². The Morgan fingerprint density at radius 2 is 0.882 bits per heavy atom. The smallest absolute Gasteiger partial charge is 0.0547 e. The minimum Gasteiger partial charge on any atom is -0.309 e. The van der Waals surface area contributed by atoms with E-state index in [1.54, 1.807) is 0 Å². The Kier molecular flexibility index (Phi) is 6.16. The molecule has 3 aromatic heterocycles. The van der Waals surface area contributed by atoms with E-state index in [2.05, 4.69) is 191 Å². The van der Waals surface area contributed by atoms with Crippen molar-refractivity contribution in [3.63, 3.8) is 0 Å². The van der Waals surface area contributed by atoms with Crippen molar-refractivity contribution in [3.8, 4) is 33.6 Å². The van der Waals surface area contributed by atoms with Crippen LogP contribution in [0.2, 0.25) is 0 Å². The lowest BCUT2D eigenvalue weighted by Gasteiger charge is -2.13. The van der Waals surface area contributed by atoms with Crippen molar-refractivity contribution in [3.05, 3.63) is 182 Å².